The molecule has 0 aromatic heterocycles. The molecule has 46 valence electrons. The molecular formula is C4H7NO2S. The zero-order valence-electron chi connectivity index (χ0n) is 4.16. The first-order chi connectivity index (χ1) is 3.70. The fraction of sp³-hybridized carbons (Fsp3) is 0.750. The summed E-state index contributed by atoms with van der Waals surface area (Å²) in [5.74, 6) is -0.127. The van der Waals surface area contributed by atoms with Gasteiger partial charge in [-0.05, 0) is 0 Å². The summed E-state index contributed by atoms with van der Waals surface area (Å²) in [4.78, 5) is 10.3. The van der Waals surface area contributed by atoms with Gasteiger partial charge in [0.15, 0.2) is 0 Å². The molecule has 0 saturated carbocycles. The van der Waals surface area contributed by atoms with Crippen LogP contribution in [0.1, 0.15) is 6.42 Å². The maximum atomic E-state index is 10.3. The van der Waals surface area contributed by atoms with E-state index in [-0.39, 0.29) is 11.2 Å². The summed E-state index contributed by atoms with van der Waals surface area (Å²) in [5, 5.41) is 10.8. The minimum absolute atomic E-state index is 0.127. The Labute approximate surface area is 52.5 Å². The third-order valence-electron chi connectivity index (χ3n) is 1.07. The average molecular weight is 133 g/mol. The minimum Gasteiger partial charge on any atom is -0.373 e. The Bertz CT molecular complexity index is 105. The Morgan fingerprint density at radius 1 is 1.88 bits per heavy atom. The number of aliphatic hydroxyl groups excluding tert-OH is 1. The van der Waals surface area contributed by atoms with Crippen molar-refractivity contribution in [3.05, 3.63) is 0 Å². The van der Waals surface area contributed by atoms with Crippen LogP contribution in [0.25, 0.3) is 0 Å². The normalized spacial score (nSPS) is 37.5. The van der Waals surface area contributed by atoms with Crippen molar-refractivity contribution in [3.63, 3.8) is 0 Å². The SMILES string of the molecule is O=C1CC(S)[C@H](O)N1. The van der Waals surface area contributed by atoms with Crippen molar-refractivity contribution < 1.29 is 9.90 Å². The molecule has 1 amide bonds. The van der Waals surface area contributed by atoms with Gasteiger partial charge in [-0.15, -0.1) is 0 Å². The van der Waals surface area contributed by atoms with E-state index in [1.165, 1.54) is 0 Å². The van der Waals surface area contributed by atoms with Gasteiger partial charge in [-0.1, -0.05) is 0 Å². The summed E-state index contributed by atoms with van der Waals surface area (Å²) in [6, 6.07) is 0. The topological polar surface area (TPSA) is 49.3 Å². The highest BCUT2D eigenvalue weighted by atomic mass is 32.1. The summed E-state index contributed by atoms with van der Waals surface area (Å²) in [6.07, 6.45) is -0.421. The predicted molar refractivity (Wildman–Crippen MR) is 31.5 cm³/mol. The molecule has 1 aliphatic rings. The molecule has 8 heavy (non-hydrogen) atoms. The van der Waals surface area contributed by atoms with Gasteiger partial charge in [0.1, 0.15) is 6.23 Å². The van der Waals surface area contributed by atoms with Crippen molar-refractivity contribution >= 4 is 18.5 Å². The van der Waals surface area contributed by atoms with Gasteiger partial charge in [0.25, 0.3) is 0 Å². The maximum absolute atomic E-state index is 10.3. The van der Waals surface area contributed by atoms with E-state index in [0.717, 1.165) is 0 Å². The van der Waals surface area contributed by atoms with E-state index in [0.29, 0.717) is 6.42 Å². The lowest BCUT2D eigenvalue weighted by molar-refractivity contribution is -0.120. The molecule has 1 rings (SSSR count). The second kappa shape index (κ2) is 1.95. The van der Waals surface area contributed by atoms with Crippen LogP contribution in [0.5, 0.6) is 0 Å². The van der Waals surface area contributed by atoms with Crippen molar-refractivity contribution in [2.24, 2.45) is 0 Å². The Balaban J connectivity index is 2.51. The van der Waals surface area contributed by atoms with E-state index in [4.69, 9.17) is 5.11 Å². The summed E-state index contributed by atoms with van der Waals surface area (Å²) in [7, 11) is 0. The molecule has 1 fully saturated rings. The molecule has 2 N–H and O–H groups in total. The fourth-order valence-electron chi connectivity index (χ4n) is 0.622. The van der Waals surface area contributed by atoms with Crippen molar-refractivity contribution in [2.45, 2.75) is 17.9 Å². The number of nitrogens with one attached hydrogen (secondary N) is 1. The summed E-state index contributed by atoms with van der Waals surface area (Å²) in [5.41, 5.74) is 0. The van der Waals surface area contributed by atoms with Crippen molar-refractivity contribution in [1.82, 2.24) is 5.32 Å². The lowest BCUT2D eigenvalue weighted by Gasteiger charge is -2.03. The van der Waals surface area contributed by atoms with Crippen LogP contribution in [0.3, 0.4) is 0 Å². The van der Waals surface area contributed by atoms with E-state index in [2.05, 4.69) is 17.9 Å². The molecule has 0 bridgehead atoms. The number of carbonyl (C=O) groups excluding carboxylic acids is 1. The van der Waals surface area contributed by atoms with Gasteiger partial charge < -0.3 is 10.4 Å². The van der Waals surface area contributed by atoms with Gasteiger partial charge in [0.05, 0.1) is 5.25 Å². The summed E-state index contributed by atoms with van der Waals surface area (Å²) < 4.78 is 0. The highest BCUT2D eigenvalue weighted by molar-refractivity contribution is 7.81. The Hall–Kier alpha value is -0.220. The van der Waals surface area contributed by atoms with Gasteiger partial charge in [0.2, 0.25) is 5.91 Å². The van der Waals surface area contributed by atoms with Crippen molar-refractivity contribution in [1.29, 1.82) is 0 Å². The van der Waals surface area contributed by atoms with E-state index >= 15 is 0 Å². The average Bonchev–Trinajstić information content (AvgIpc) is 1.85. The molecule has 0 aromatic rings. The molecule has 0 aliphatic carbocycles. The van der Waals surface area contributed by atoms with Gasteiger partial charge in [-0.2, -0.15) is 12.6 Å². The number of rotatable bonds is 0. The molecule has 4 heteroatoms. The second-order valence-electron chi connectivity index (χ2n) is 1.78. The van der Waals surface area contributed by atoms with E-state index in [1.54, 1.807) is 0 Å². The summed E-state index contributed by atoms with van der Waals surface area (Å²) in [6.45, 7) is 0. The highest BCUT2D eigenvalue weighted by Crippen LogP contribution is 2.11. The van der Waals surface area contributed by atoms with Crippen LogP contribution in [-0.2, 0) is 4.79 Å². The van der Waals surface area contributed by atoms with Gasteiger partial charge in [-0.25, -0.2) is 0 Å². The first kappa shape index (κ1) is 5.91. The number of amides is 1. The lowest BCUT2D eigenvalue weighted by Crippen LogP contribution is -2.28. The first-order valence-electron chi connectivity index (χ1n) is 2.35. The molecule has 0 aromatic carbocycles. The van der Waals surface area contributed by atoms with Crippen LogP contribution in [0.4, 0.5) is 0 Å². The Morgan fingerprint density at radius 3 is 2.62 bits per heavy atom. The van der Waals surface area contributed by atoms with Crippen LogP contribution in [0.15, 0.2) is 0 Å². The molecule has 0 spiro atoms. The summed E-state index contributed by atoms with van der Waals surface area (Å²) >= 11 is 3.91. The van der Waals surface area contributed by atoms with Crippen LogP contribution < -0.4 is 5.32 Å². The Kier molecular flexibility index (Phi) is 1.44. The van der Waals surface area contributed by atoms with Crippen LogP contribution in [-0.4, -0.2) is 22.5 Å². The Morgan fingerprint density at radius 2 is 2.50 bits per heavy atom. The number of hydrogen-bond acceptors (Lipinski definition) is 3. The molecule has 1 unspecified atom stereocenters. The van der Waals surface area contributed by atoms with Gasteiger partial charge in [0, 0.05) is 6.42 Å². The number of thiol groups is 1. The fourth-order valence-corrected chi connectivity index (χ4v) is 0.862. The third-order valence-corrected chi connectivity index (χ3v) is 1.53. The van der Waals surface area contributed by atoms with E-state index in [9.17, 15) is 4.79 Å². The second-order valence-corrected chi connectivity index (χ2v) is 2.45. The number of carbonyl (C=O) groups is 1. The minimum atomic E-state index is -0.745. The molecule has 1 saturated heterocycles. The molecule has 2 atom stereocenters. The van der Waals surface area contributed by atoms with Crippen molar-refractivity contribution in [2.75, 3.05) is 0 Å². The van der Waals surface area contributed by atoms with Crippen LogP contribution in [0, 0.1) is 0 Å². The van der Waals surface area contributed by atoms with Crippen LogP contribution in [0.2, 0.25) is 0 Å². The van der Waals surface area contributed by atoms with E-state index < -0.39 is 6.23 Å². The smallest absolute Gasteiger partial charge is 0.223 e. The third kappa shape index (κ3) is 0.952. The molecule has 3 nitrogen and oxygen atoms in total. The molecular weight excluding hydrogens is 126 g/mol. The molecule has 0 radical (unpaired) electrons. The maximum Gasteiger partial charge on any atom is 0.223 e. The predicted octanol–water partition coefficient (Wildman–Crippen LogP) is -0.877. The standard InChI is InChI=1S/C4H7NO2S/c6-3-1-2(8)4(7)5-3/h2,4,7-8H,1H2,(H,5,6)/t2?,4-/m0/s1. The lowest BCUT2D eigenvalue weighted by atomic mass is 10.3. The van der Waals surface area contributed by atoms with Gasteiger partial charge in [-0.3, -0.25) is 4.79 Å². The van der Waals surface area contributed by atoms with Gasteiger partial charge >= 0.3 is 0 Å². The van der Waals surface area contributed by atoms with E-state index in [1.807, 2.05) is 0 Å². The van der Waals surface area contributed by atoms with Crippen LogP contribution >= 0.6 is 12.6 Å². The van der Waals surface area contributed by atoms with Crippen molar-refractivity contribution in [3.8, 4) is 0 Å². The number of hydrogen-bond donors (Lipinski definition) is 3. The zero-order valence-corrected chi connectivity index (χ0v) is 5.06. The number of aliphatic hydroxyl groups is 1. The first-order valence-corrected chi connectivity index (χ1v) is 2.87. The zero-order chi connectivity index (χ0) is 6.15. The highest BCUT2D eigenvalue weighted by Gasteiger charge is 2.26. The quantitative estimate of drug-likeness (QED) is 0.376. The monoisotopic (exact) mass is 133 g/mol. The molecule has 1 heterocycles. The largest absolute Gasteiger partial charge is 0.373 e. The molecule has 1 aliphatic heterocycles.